The first-order chi connectivity index (χ1) is 24.8. The predicted octanol–water partition coefficient (Wildman–Crippen LogP) is 14.2. The largest absolute Gasteiger partial charge is 0.0622 e. The SMILES string of the molecule is c1ccc(-c2c3ccccc3c(-c3ccccc3)c3c4ccc5ccc6ccccc6c5c4c4c(ccc5ccc6ccccc6c54)c23)cc1. The normalized spacial score (nSPS) is 12.0. The van der Waals surface area contributed by atoms with Gasteiger partial charge in [-0.05, 0) is 108 Å². The average molecular weight is 631 g/mol. The van der Waals surface area contributed by atoms with Crippen LogP contribution in [0.25, 0.3) is 108 Å². The Kier molecular flexibility index (Phi) is 5.76. The van der Waals surface area contributed by atoms with Crippen LogP contribution in [0.4, 0.5) is 0 Å². The van der Waals surface area contributed by atoms with Gasteiger partial charge in [-0.25, -0.2) is 0 Å². The summed E-state index contributed by atoms with van der Waals surface area (Å²) in [5.41, 5.74) is 5.05. The molecule has 230 valence electrons. The van der Waals surface area contributed by atoms with Crippen molar-refractivity contribution in [2.75, 3.05) is 0 Å². The van der Waals surface area contributed by atoms with E-state index in [9.17, 15) is 0 Å². The van der Waals surface area contributed by atoms with Crippen LogP contribution in [0, 0.1) is 0 Å². The summed E-state index contributed by atoms with van der Waals surface area (Å²) >= 11 is 0. The number of rotatable bonds is 2. The third-order valence-corrected chi connectivity index (χ3v) is 10.9. The van der Waals surface area contributed by atoms with Gasteiger partial charge in [-0.1, -0.05) is 182 Å². The van der Waals surface area contributed by atoms with Crippen LogP contribution in [0.15, 0.2) is 182 Å². The molecule has 11 rings (SSSR count). The van der Waals surface area contributed by atoms with Crippen molar-refractivity contribution in [2.24, 2.45) is 0 Å². The maximum Gasteiger partial charge on any atom is -0.000740 e. The van der Waals surface area contributed by atoms with Crippen molar-refractivity contribution in [1.82, 2.24) is 0 Å². The van der Waals surface area contributed by atoms with E-state index in [1.165, 1.54) is 108 Å². The fourth-order valence-electron chi connectivity index (χ4n) is 8.92. The molecule has 11 aromatic carbocycles. The Labute approximate surface area is 289 Å². The monoisotopic (exact) mass is 630 g/mol. The number of fused-ring (bicyclic) bond motifs is 15. The maximum atomic E-state index is 2.41. The molecule has 0 spiro atoms. The molecule has 0 aromatic heterocycles. The summed E-state index contributed by atoms with van der Waals surface area (Å²) in [5, 5.41) is 20.7. The zero-order chi connectivity index (χ0) is 32.8. The van der Waals surface area contributed by atoms with E-state index >= 15 is 0 Å². The fraction of sp³-hybridized carbons (Fsp3) is 0. The van der Waals surface area contributed by atoms with Gasteiger partial charge in [-0.2, -0.15) is 0 Å². The van der Waals surface area contributed by atoms with Crippen molar-refractivity contribution in [3.05, 3.63) is 182 Å². The maximum absolute atomic E-state index is 2.41. The molecule has 0 atom stereocenters. The van der Waals surface area contributed by atoms with Gasteiger partial charge in [-0.15, -0.1) is 0 Å². The first kappa shape index (κ1) is 27.5. The predicted molar refractivity (Wildman–Crippen MR) is 217 cm³/mol. The standard InChI is InChI=1S/C50H30/c1-3-15-33(16-4-1)45-39-21-11-12-22-40(39)46(34-17-5-2-6-18-34)50-42-30-28-36-26-24-32-14-8-10-20-38(32)44(36)48(42)47-41(49(45)50)29-27-35-25-23-31-13-7-9-19-37(31)43(35)47/h1-30H. The molecule has 0 heteroatoms. The highest BCUT2D eigenvalue weighted by molar-refractivity contribution is 6.45. The number of hydrogen-bond acceptors (Lipinski definition) is 0. The summed E-state index contributed by atoms with van der Waals surface area (Å²) in [5.74, 6) is 0. The Morgan fingerprint density at radius 2 is 0.520 bits per heavy atom. The molecule has 0 saturated carbocycles. The summed E-state index contributed by atoms with van der Waals surface area (Å²) in [7, 11) is 0. The fourth-order valence-corrected chi connectivity index (χ4v) is 8.92. The van der Waals surface area contributed by atoms with Gasteiger partial charge < -0.3 is 0 Å². The first-order valence-electron chi connectivity index (χ1n) is 17.4. The number of benzene rings is 11. The van der Waals surface area contributed by atoms with Crippen molar-refractivity contribution in [1.29, 1.82) is 0 Å². The van der Waals surface area contributed by atoms with Crippen LogP contribution < -0.4 is 0 Å². The highest BCUT2D eigenvalue weighted by atomic mass is 14.3. The highest BCUT2D eigenvalue weighted by Crippen LogP contribution is 2.52. The molecule has 0 nitrogen and oxygen atoms in total. The quantitative estimate of drug-likeness (QED) is 0.132. The summed E-state index contributed by atoms with van der Waals surface area (Å²) in [4.78, 5) is 0. The molecule has 0 fully saturated rings. The minimum atomic E-state index is 1.23. The third-order valence-electron chi connectivity index (χ3n) is 10.9. The molecular formula is C50H30. The van der Waals surface area contributed by atoms with Gasteiger partial charge in [0.05, 0.1) is 0 Å². The minimum absolute atomic E-state index is 1.23. The topological polar surface area (TPSA) is 0 Å². The molecule has 11 aromatic rings. The average Bonchev–Trinajstić information content (AvgIpc) is 3.19. The smallest absolute Gasteiger partial charge is 0.000740 e. The van der Waals surface area contributed by atoms with Gasteiger partial charge in [0.1, 0.15) is 0 Å². The van der Waals surface area contributed by atoms with Crippen molar-refractivity contribution in [2.45, 2.75) is 0 Å². The van der Waals surface area contributed by atoms with Crippen molar-refractivity contribution < 1.29 is 0 Å². The minimum Gasteiger partial charge on any atom is -0.0622 e. The first-order valence-corrected chi connectivity index (χ1v) is 17.4. The molecule has 0 heterocycles. The lowest BCUT2D eigenvalue weighted by molar-refractivity contribution is 1.66. The zero-order valence-corrected chi connectivity index (χ0v) is 27.3. The molecule has 0 N–H and O–H groups in total. The Bertz CT molecular complexity index is 2950. The Morgan fingerprint density at radius 3 is 0.960 bits per heavy atom. The second-order valence-corrected chi connectivity index (χ2v) is 13.5. The lowest BCUT2D eigenvalue weighted by Crippen LogP contribution is -1.95. The van der Waals surface area contributed by atoms with E-state index < -0.39 is 0 Å². The zero-order valence-electron chi connectivity index (χ0n) is 27.3. The van der Waals surface area contributed by atoms with Crippen LogP contribution in [-0.2, 0) is 0 Å². The van der Waals surface area contributed by atoms with Crippen LogP contribution in [-0.4, -0.2) is 0 Å². The van der Waals surface area contributed by atoms with Crippen molar-refractivity contribution in [3.63, 3.8) is 0 Å². The van der Waals surface area contributed by atoms with Gasteiger partial charge in [0.25, 0.3) is 0 Å². The molecule has 0 aliphatic rings. The van der Waals surface area contributed by atoms with E-state index in [4.69, 9.17) is 0 Å². The van der Waals surface area contributed by atoms with Crippen LogP contribution in [0.5, 0.6) is 0 Å². The Morgan fingerprint density at radius 1 is 0.180 bits per heavy atom. The second kappa shape index (κ2) is 10.5. The summed E-state index contributed by atoms with van der Waals surface area (Å²) < 4.78 is 0. The lowest BCUT2D eigenvalue weighted by atomic mass is 9.79. The van der Waals surface area contributed by atoms with Crippen LogP contribution in [0.3, 0.4) is 0 Å². The lowest BCUT2D eigenvalue weighted by Gasteiger charge is -2.23. The van der Waals surface area contributed by atoms with E-state index in [0.717, 1.165) is 0 Å². The van der Waals surface area contributed by atoms with Gasteiger partial charge in [0.15, 0.2) is 0 Å². The summed E-state index contributed by atoms with van der Waals surface area (Å²) in [6.07, 6.45) is 0. The molecule has 0 bridgehead atoms. The molecular weight excluding hydrogens is 601 g/mol. The molecule has 0 amide bonds. The number of hydrogen-bond donors (Lipinski definition) is 0. The van der Waals surface area contributed by atoms with Gasteiger partial charge >= 0.3 is 0 Å². The van der Waals surface area contributed by atoms with E-state index in [1.54, 1.807) is 0 Å². The van der Waals surface area contributed by atoms with Gasteiger partial charge in [-0.3, -0.25) is 0 Å². The third kappa shape index (κ3) is 3.76. The Balaban J connectivity index is 1.57. The second-order valence-electron chi connectivity index (χ2n) is 13.5. The van der Waals surface area contributed by atoms with E-state index in [1.807, 2.05) is 0 Å². The highest BCUT2D eigenvalue weighted by Gasteiger charge is 2.24. The Hall–Kier alpha value is -6.50. The molecule has 0 aliphatic carbocycles. The van der Waals surface area contributed by atoms with Crippen LogP contribution >= 0.6 is 0 Å². The van der Waals surface area contributed by atoms with Gasteiger partial charge in [0, 0.05) is 0 Å². The molecule has 0 aliphatic heterocycles. The molecule has 0 unspecified atom stereocenters. The molecule has 0 radical (unpaired) electrons. The molecule has 50 heavy (non-hydrogen) atoms. The van der Waals surface area contributed by atoms with Crippen LogP contribution in [0.1, 0.15) is 0 Å². The van der Waals surface area contributed by atoms with Crippen molar-refractivity contribution >= 4 is 86.2 Å². The van der Waals surface area contributed by atoms with Crippen LogP contribution in [0.2, 0.25) is 0 Å². The molecule has 0 saturated heterocycles. The summed E-state index contributed by atoms with van der Waals surface area (Å²) in [6.45, 7) is 0. The summed E-state index contributed by atoms with van der Waals surface area (Å²) in [6, 6.07) is 67.6. The van der Waals surface area contributed by atoms with E-state index in [2.05, 4.69) is 182 Å². The van der Waals surface area contributed by atoms with E-state index in [-0.39, 0.29) is 0 Å². The van der Waals surface area contributed by atoms with E-state index in [0.29, 0.717) is 0 Å². The van der Waals surface area contributed by atoms with Crippen molar-refractivity contribution in [3.8, 4) is 22.3 Å². The van der Waals surface area contributed by atoms with Gasteiger partial charge in [0.2, 0.25) is 0 Å².